The molecule has 1 saturated heterocycles. The van der Waals surface area contributed by atoms with Crippen LogP contribution in [0.4, 0.5) is 5.95 Å². The Labute approximate surface area is 147 Å². The van der Waals surface area contributed by atoms with Gasteiger partial charge in [0.25, 0.3) is 0 Å². The van der Waals surface area contributed by atoms with Crippen molar-refractivity contribution in [3.63, 3.8) is 0 Å². The van der Waals surface area contributed by atoms with E-state index in [9.17, 15) is 0 Å². The molecule has 2 heterocycles. The second-order valence-electron chi connectivity index (χ2n) is 5.50. The highest BCUT2D eigenvalue weighted by Crippen LogP contribution is 2.24. The number of benzene rings is 1. The molecule has 24 heavy (non-hydrogen) atoms. The van der Waals surface area contributed by atoms with Crippen molar-refractivity contribution in [3.8, 4) is 0 Å². The van der Waals surface area contributed by atoms with Crippen LogP contribution in [0.2, 0.25) is 0 Å². The molecular formula is C17H24N4O2S. The van der Waals surface area contributed by atoms with Gasteiger partial charge in [-0.15, -0.1) is 10.2 Å². The highest BCUT2D eigenvalue weighted by Gasteiger charge is 2.20. The Morgan fingerprint density at radius 2 is 1.96 bits per heavy atom. The van der Waals surface area contributed by atoms with Gasteiger partial charge in [-0.05, 0) is 12.5 Å². The number of hydrogen-bond donors (Lipinski definition) is 0. The largest absolute Gasteiger partial charge is 0.381 e. The standard InChI is InChI=1S/C17H24N4O2S/c1-2-22-12-13-24-17-19-18-16(20-8-10-23-11-9-20)21(17)14-15-6-4-3-5-7-15/h3-7H,2,8-14H2,1H3. The lowest BCUT2D eigenvalue weighted by atomic mass is 10.2. The van der Waals surface area contributed by atoms with E-state index in [1.165, 1.54) is 5.56 Å². The minimum absolute atomic E-state index is 0.728. The monoisotopic (exact) mass is 348 g/mol. The van der Waals surface area contributed by atoms with Crippen LogP contribution in [-0.4, -0.2) is 60.0 Å². The summed E-state index contributed by atoms with van der Waals surface area (Å²) in [7, 11) is 0. The molecule has 0 unspecified atom stereocenters. The molecule has 2 aromatic rings. The van der Waals surface area contributed by atoms with Gasteiger partial charge < -0.3 is 14.4 Å². The molecule has 130 valence electrons. The van der Waals surface area contributed by atoms with E-state index in [1.54, 1.807) is 11.8 Å². The quantitative estimate of drug-likeness (QED) is 0.539. The van der Waals surface area contributed by atoms with Gasteiger partial charge in [0.15, 0.2) is 5.16 Å². The molecule has 6 nitrogen and oxygen atoms in total. The number of ether oxygens (including phenoxy) is 2. The Balaban J connectivity index is 1.78. The summed E-state index contributed by atoms with van der Waals surface area (Å²) in [6, 6.07) is 10.4. The molecule has 0 amide bonds. The molecule has 1 fully saturated rings. The molecule has 0 spiro atoms. The van der Waals surface area contributed by atoms with Crippen LogP contribution in [0.3, 0.4) is 0 Å². The van der Waals surface area contributed by atoms with E-state index in [-0.39, 0.29) is 0 Å². The van der Waals surface area contributed by atoms with Crippen LogP contribution in [0.1, 0.15) is 12.5 Å². The van der Waals surface area contributed by atoms with Gasteiger partial charge in [-0.25, -0.2) is 0 Å². The van der Waals surface area contributed by atoms with Crippen molar-refractivity contribution >= 4 is 17.7 Å². The molecule has 1 aromatic heterocycles. The summed E-state index contributed by atoms with van der Waals surface area (Å²) in [6.45, 7) is 7.46. The lowest BCUT2D eigenvalue weighted by Crippen LogP contribution is -2.38. The third-order valence-corrected chi connectivity index (χ3v) is 4.77. The van der Waals surface area contributed by atoms with Crippen LogP contribution in [0, 0.1) is 0 Å². The third kappa shape index (κ3) is 4.49. The summed E-state index contributed by atoms with van der Waals surface area (Å²) in [5, 5.41) is 9.82. The Hall–Kier alpha value is -1.57. The average molecular weight is 348 g/mol. The van der Waals surface area contributed by atoms with Crippen molar-refractivity contribution in [2.75, 3.05) is 50.2 Å². The van der Waals surface area contributed by atoms with E-state index in [1.807, 2.05) is 13.0 Å². The van der Waals surface area contributed by atoms with Crippen molar-refractivity contribution < 1.29 is 9.47 Å². The maximum Gasteiger partial charge on any atom is 0.228 e. The highest BCUT2D eigenvalue weighted by atomic mass is 32.2. The molecular weight excluding hydrogens is 324 g/mol. The fourth-order valence-electron chi connectivity index (χ4n) is 2.63. The van der Waals surface area contributed by atoms with Crippen molar-refractivity contribution in [1.29, 1.82) is 0 Å². The molecule has 1 aliphatic rings. The van der Waals surface area contributed by atoms with Gasteiger partial charge in [-0.3, -0.25) is 4.57 Å². The second-order valence-corrected chi connectivity index (χ2v) is 6.56. The molecule has 3 rings (SSSR count). The highest BCUT2D eigenvalue weighted by molar-refractivity contribution is 7.99. The molecule has 1 aromatic carbocycles. The number of anilines is 1. The van der Waals surface area contributed by atoms with Gasteiger partial charge in [-0.2, -0.15) is 0 Å². The van der Waals surface area contributed by atoms with Crippen molar-refractivity contribution in [2.45, 2.75) is 18.6 Å². The zero-order valence-electron chi connectivity index (χ0n) is 14.1. The first kappa shape index (κ1) is 17.3. The fourth-order valence-corrected chi connectivity index (χ4v) is 3.41. The Bertz CT molecular complexity index is 614. The lowest BCUT2D eigenvalue weighted by molar-refractivity contribution is 0.121. The topological polar surface area (TPSA) is 52.4 Å². The van der Waals surface area contributed by atoms with Crippen LogP contribution < -0.4 is 4.90 Å². The summed E-state index contributed by atoms with van der Waals surface area (Å²) in [5.41, 5.74) is 1.25. The first-order valence-electron chi connectivity index (χ1n) is 8.39. The predicted molar refractivity (Wildman–Crippen MR) is 95.8 cm³/mol. The molecule has 0 N–H and O–H groups in total. The third-order valence-electron chi connectivity index (χ3n) is 3.84. The summed E-state index contributed by atoms with van der Waals surface area (Å²) in [4.78, 5) is 2.26. The van der Waals surface area contributed by atoms with Gasteiger partial charge in [0.05, 0.1) is 26.4 Å². The molecule has 0 atom stereocenters. The van der Waals surface area contributed by atoms with Gasteiger partial charge in [0.2, 0.25) is 5.95 Å². The van der Waals surface area contributed by atoms with E-state index >= 15 is 0 Å². The van der Waals surface area contributed by atoms with Gasteiger partial charge in [0, 0.05) is 25.4 Å². The molecule has 0 bridgehead atoms. The van der Waals surface area contributed by atoms with E-state index in [0.717, 1.165) is 62.9 Å². The second kappa shape index (κ2) is 9.05. The lowest BCUT2D eigenvalue weighted by Gasteiger charge is -2.28. The number of rotatable bonds is 8. The average Bonchev–Trinajstić information content (AvgIpc) is 3.03. The molecule has 1 aliphatic heterocycles. The summed E-state index contributed by atoms with van der Waals surface area (Å²) < 4.78 is 13.1. The van der Waals surface area contributed by atoms with E-state index < -0.39 is 0 Å². The molecule has 7 heteroatoms. The normalized spacial score (nSPS) is 15.0. The smallest absolute Gasteiger partial charge is 0.228 e. The van der Waals surface area contributed by atoms with Crippen LogP contribution in [-0.2, 0) is 16.0 Å². The number of hydrogen-bond acceptors (Lipinski definition) is 6. The summed E-state index contributed by atoms with van der Waals surface area (Å²) in [6.07, 6.45) is 0. The maximum absolute atomic E-state index is 5.46. The molecule has 0 saturated carbocycles. The Morgan fingerprint density at radius 3 is 2.71 bits per heavy atom. The van der Waals surface area contributed by atoms with Crippen LogP contribution in [0.15, 0.2) is 35.5 Å². The first-order chi connectivity index (χ1) is 11.9. The van der Waals surface area contributed by atoms with Gasteiger partial charge >= 0.3 is 0 Å². The van der Waals surface area contributed by atoms with Crippen LogP contribution in [0.5, 0.6) is 0 Å². The zero-order chi connectivity index (χ0) is 16.6. The van der Waals surface area contributed by atoms with Crippen molar-refractivity contribution in [3.05, 3.63) is 35.9 Å². The number of nitrogens with zero attached hydrogens (tertiary/aromatic N) is 4. The number of aromatic nitrogens is 3. The van der Waals surface area contributed by atoms with E-state index in [4.69, 9.17) is 9.47 Å². The minimum Gasteiger partial charge on any atom is -0.381 e. The van der Waals surface area contributed by atoms with E-state index in [0.29, 0.717) is 0 Å². The molecule has 0 radical (unpaired) electrons. The van der Waals surface area contributed by atoms with Gasteiger partial charge in [-0.1, -0.05) is 42.1 Å². The van der Waals surface area contributed by atoms with Crippen molar-refractivity contribution in [1.82, 2.24) is 14.8 Å². The van der Waals surface area contributed by atoms with Crippen molar-refractivity contribution in [2.24, 2.45) is 0 Å². The Kier molecular flexibility index (Phi) is 6.51. The summed E-state index contributed by atoms with van der Waals surface area (Å²) in [5.74, 6) is 1.81. The van der Waals surface area contributed by atoms with Gasteiger partial charge in [0.1, 0.15) is 0 Å². The fraction of sp³-hybridized carbons (Fsp3) is 0.529. The molecule has 0 aliphatic carbocycles. The van der Waals surface area contributed by atoms with E-state index in [2.05, 4.69) is 43.9 Å². The first-order valence-corrected chi connectivity index (χ1v) is 9.37. The SMILES string of the molecule is CCOCCSc1nnc(N2CCOCC2)n1Cc1ccccc1. The number of morpholine rings is 1. The zero-order valence-corrected chi connectivity index (χ0v) is 14.9. The number of thioether (sulfide) groups is 1. The Morgan fingerprint density at radius 1 is 1.17 bits per heavy atom. The van der Waals surface area contributed by atoms with Crippen LogP contribution in [0.25, 0.3) is 0 Å². The predicted octanol–water partition coefficient (Wildman–Crippen LogP) is 2.29. The minimum atomic E-state index is 0.728. The summed E-state index contributed by atoms with van der Waals surface area (Å²) >= 11 is 1.70. The maximum atomic E-state index is 5.46. The van der Waals surface area contributed by atoms with Crippen LogP contribution >= 0.6 is 11.8 Å².